The minimum absolute atomic E-state index is 0.449. The van der Waals surface area contributed by atoms with Gasteiger partial charge in [-0.3, -0.25) is 9.78 Å². The Morgan fingerprint density at radius 3 is 3.18 bits per heavy atom. The second-order valence-corrected chi connectivity index (χ2v) is 2.37. The Kier molecular flexibility index (Phi) is 2.86. The van der Waals surface area contributed by atoms with E-state index in [0.717, 1.165) is 5.56 Å². The maximum Gasteiger partial charge on any atom is 0.207 e. The first-order chi connectivity index (χ1) is 5.34. The average molecular weight is 171 g/mol. The number of aromatic nitrogens is 1. The summed E-state index contributed by atoms with van der Waals surface area (Å²) in [6.07, 6.45) is 3.81. The second kappa shape index (κ2) is 3.93. The van der Waals surface area contributed by atoms with Crippen molar-refractivity contribution in [1.82, 2.24) is 10.3 Å². The molecule has 1 heterocycles. The van der Waals surface area contributed by atoms with E-state index in [-0.39, 0.29) is 0 Å². The van der Waals surface area contributed by atoms with Gasteiger partial charge in [-0.15, -0.1) is 0 Å². The van der Waals surface area contributed by atoms with E-state index in [9.17, 15) is 4.79 Å². The number of carbonyl (C=O) groups is 1. The lowest BCUT2D eigenvalue weighted by Gasteiger charge is -2.00. The number of hydrogen-bond acceptors (Lipinski definition) is 2. The molecule has 0 bridgehead atoms. The predicted molar refractivity (Wildman–Crippen MR) is 42.2 cm³/mol. The molecule has 0 aliphatic rings. The summed E-state index contributed by atoms with van der Waals surface area (Å²) in [4.78, 5) is 13.7. The summed E-state index contributed by atoms with van der Waals surface area (Å²) < 4.78 is 0. The van der Waals surface area contributed by atoms with Crippen molar-refractivity contribution in [2.75, 3.05) is 0 Å². The predicted octanol–water partition coefficient (Wildman–Crippen LogP) is 0.981. The van der Waals surface area contributed by atoms with E-state index in [1.807, 2.05) is 0 Å². The molecule has 1 aromatic rings. The first-order valence-corrected chi connectivity index (χ1v) is 3.48. The molecule has 58 valence electrons. The Hall–Kier alpha value is -1.09. The fourth-order valence-electron chi connectivity index (χ4n) is 0.699. The van der Waals surface area contributed by atoms with Gasteiger partial charge in [0.15, 0.2) is 0 Å². The maximum atomic E-state index is 9.92. The Morgan fingerprint density at radius 2 is 2.55 bits per heavy atom. The van der Waals surface area contributed by atoms with Gasteiger partial charge in [-0.1, -0.05) is 11.6 Å². The Balaban J connectivity index is 2.69. The lowest BCUT2D eigenvalue weighted by Crippen LogP contribution is -2.09. The molecule has 1 rings (SSSR count). The van der Waals surface area contributed by atoms with Crippen LogP contribution in [0.1, 0.15) is 5.56 Å². The molecule has 3 nitrogen and oxygen atoms in total. The van der Waals surface area contributed by atoms with E-state index < -0.39 is 0 Å². The number of carbonyl (C=O) groups excluding carboxylic acids is 1. The van der Waals surface area contributed by atoms with E-state index in [1.54, 1.807) is 18.5 Å². The first kappa shape index (κ1) is 8.01. The molecule has 0 aromatic carbocycles. The highest BCUT2D eigenvalue weighted by atomic mass is 35.5. The number of hydrogen-bond donors (Lipinski definition) is 1. The SMILES string of the molecule is O=CNCc1ccncc1Cl. The second-order valence-electron chi connectivity index (χ2n) is 1.97. The zero-order valence-corrected chi connectivity index (χ0v) is 6.51. The number of pyridine rings is 1. The molecule has 0 aliphatic heterocycles. The van der Waals surface area contributed by atoms with E-state index in [0.29, 0.717) is 18.0 Å². The molecule has 0 spiro atoms. The third-order valence-corrected chi connectivity index (χ3v) is 1.57. The van der Waals surface area contributed by atoms with Crippen LogP contribution in [-0.4, -0.2) is 11.4 Å². The molecule has 1 aromatic heterocycles. The van der Waals surface area contributed by atoms with E-state index in [4.69, 9.17) is 11.6 Å². The van der Waals surface area contributed by atoms with Gasteiger partial charge in [0.25, 0.3) is 0 Å². The largest absolute Gasteiger partial charge is 0.355 e. The summed E-state index contributed by atoms with van der Waals surface area (Å²) >= 11 is 5.74. The highest BCUT2D eigenvalue weighted by molar-refractivity contribution is 6.31. The monoisotopic (exact) mass is 170 g/mol. The third kappa shape index (κ3) is 2.20. The normalized spacial score (nSPS) is 9.18. The van der Waals surface area contributed by atoms with Crippen LogP contribution in [0.3, 0.4) is 0 Å². The van der Waals surface area contributed by atoms with Crippen molar-refractivity contribution < 1.29 is 4.79 Å². The molecule has 0 aliphatic carbocycles. The lowest BCUT2D eigenvalue weighted by atomic mass is 10.3. The number of nitrogens with one attached hydrogen (secondary N) is 1. The molecule has 1 amide bonds. The standard InChI is InChI=1S/C7H7ClN2O/c8-7-4-9-2-1-6(7)3-10-5-11/h1-2,4-5H,3H2,(H,10,11). The van der Waals surface area contributed by atoms with Gasteiger partial charge in [-0.25, -0.2) is 0 Å². The molecule has 0 atom stereocenters. The zero-order valence-electron chi connectivity index (χ0n) is 5.75. The minimum Gasteiger partial charge on any atom is -0.355 e. The molecule has 0 unspecified atom stereocenters. The van der Waals surface area contributed by atoms with Gasteiger partial charge >= 0.3 is 0 Å². The van der Waals surface area contributed by atoms with Crippen molar-refractivity contribution in [2.45, 2.75) is 6.54 Å². The van der Waals surface area contributed by atoms with Gasteiger partial charge in [0.05, 0.1) is 5.02 Å². The summed E-state index contributed by atoms with van der Waals surface area (Å²) in [6.45, 7) is 0.449. The van der Waals surface area contributed by atoms with Gasteiger partial charge in [0, 0.05) is 18.9 Å². The quantitative estimate of drug-likeness (QED) is 0.688. The van der Waals surface area contributed by atoms with Gasteiger partial charge in [-0.2, -0.15) is 0 Å². The highest BCUT2D eigenvalue weighted by Gasteiger charge is 1.96. The third-order valence-electron chi connectivity index (χ3n) is 1.23. The van der Waals surface area contributed by atoms with Crippen LogP contribution < -0.4 is 5.32 Å². The topological polar surface area (TPSA) is 42.0 Å². The number of nitrogens with zero attached hydrogens (tertiary/aromatic N) is 1. The van der Waals surface area contributed by atoms with Crippen molar-refractivity contribution in [3.63, 3.8) is 0 Å². The summed E-state index contributed by atoms with van der Waals surface area (Å²) in [5, 5.41) is 3.08. The van der Waals surface area contributed by atoms with Crippen molar-refractivity contribution in [2.24, 2.45) is 0 Å². The number of halogens is 1. The fourth-order valence-corrected chi connectivity index (χ4v) is 0.885. The number of rotatable bonds is 3. The van der Waals surface area contributed by atoms with Crippen LogP contribution in [0.15, 0.2) is 18.5 Å². The lowest BCUT2D eigenvalue weighted by molar-refractivity contribution is -0.109. The van der Waals surface area contributed by atoms with E-state index in [2.05, 4.69) is 10.3 Å². The zero-order chi connectivity index (χ0) is 8.10. The average Bonchev–Trinajstić information content (AvgIpc) is 2.03. The fraction of sp³-hybridized carbons (Fsp3) is 0.143. The molecule has 0 saturated heterocycles. The summed E-state index contributed by atoms with van der Waals surface area (Å²) in [5.74, 6) is 0. The summed E-state index contributed by atoms with van der Waals surface area (Å²) in [5.41, 5.74) is 0.869. The summed E-state index contributed by atoms with van der Waals surface area (Å²) in [6, 6.07) is 1.76. The molecule has 4 heteroatoms. The maximum absolute atomic E-state index is 9.92. The molecule has 0 radical (unpaired) electrons. The van der Waals surface area contributed by atoms with Crippen LogP contribution in [0.5, 0.6) is 0 Å². The smallest absolute Gasteiger partial charge is 0.207 e. The first-order valence-electron chi connectivity index (χ1n) is 3.10. The molecular weight excluding hydrogens is 164 g/mol. The van der Waals surface area contributed by atoms with E-state index in [1.165, 1.54) is 0 Å². The highest BCUT2D eigenvalue weighted by Crippen LogP contribution is 2.11. The molecule has 11 heavy (non-hydrogen) atoms. The van der Waals surface area contributed by atoms with Crippen LogP contribution >= 0.6 is 11.6 Å². The Morgan fingerprint density at radius 1 is 1.73 bits per heavy atom. The van der Waals surface area contributed by atoms with Crippen molar-refractivity contribution in [3.05, 3.63) is 29.0 Å². The van der Waals surface area contributed by atoms with Crippen LogP contribution in [0, 0.1) is 0 Å². The van der Waals surface area contributed by atoms with Crippen LogP contribution in [0.2, 0.25) is 5.02 Å². The minimum atomic E-state index is 0.449. The molecule has 0 saturated carbocycles. The van der Waals surface area contributed by atoms with Gasteiger partial charge in [0.2, 0.25) is 6.41 Å². The van der Waals surface area contributed by atoms with Crippen LogP contribution in [0.4, 0.5) is 0 Å². The van der Waals surface area contributed by atoms with Crippen molar-refractivity contribution in [3.8, 4) is 0 Å². The van der Waals surface area contributed by atoms with Gasteiger partial charge in [0.1, 0.15) is 0 Å². The van der Waals surface area contributed by atoms with E-state index >= 15 is 0 Å². The van der Waals surface area contributed by atoms with Gasteiger partial charge < -0.3 is 5.32 Å². The molecular formula is C7H7ClN2O. The van der Waals surface area contributed by atoms with Crippen LogP contribution in [0.25, 0.3) is 0 Å². The summed E-state index contributed by atoms with van der Waals surface area (Å²) in [7, 11) is 0. The van der Waals surface area contributed by atoms with Crippen molar-refractivity contribution in [1.29, 1.82) is 0 Å². The molecule has 1 N–H and O–H groups in total. The van der Waals surface area contributed by atoms with Crippen molar-refractivity contribution >= 4 is 18.0 Å². The number of amides is 1. The molecule has 0 fully saturated rings. The van der Waals surface area contributed by atoms with Gasteiger partial charge in [-0.05, 0) is 11.6 Å². The van der Waals surface area contributed by atoms with Crippen LogP contribution in [-0.2, 0) is 11.3 Å². The Bertz CT molecular complexity index is 252. The Labute approximate surface area is 69.4 Å².